The highest BCUT2D eigenvalue weighted by Gasteiger charge is 2.42. The number of carbonyl (C=O) groups excluding carboxylic acids is 1. The van der Waals surface area contributed by atoms with E-state index in [1.54, 1.807) is 19.9 Å². The Labute approximate surface area is 102 Å². The van der Waals surface area contributed by atoms with Crippen molar-refractivity contribution in [1.82, 2.24) is 5.32 Å². The number of allylic oxidation sites excluding steroid dienone is 1. The molecule has 17 heavy (non-hydrogen) atoms. The first-order valence-corrected chi connectivity index (χ1v) is 6.10. The molecular formula is C13H21NO3. The lowest BCUT2D eigenvalue weighted by Crippen LogP contribution is -2.56. The zero-order valence-electron chi connectivity index (χ0n) is 10.7. The van der Waals surface area contributed by atoms with E-state index in [1.807, 2.05) is 0 Å². The van der Waals surface area contributed by atoms with Gasteiger partial charge in [0, 0.05) is 5.57 Å². The number of aliphatic carboxylic acids is 1. The minimum Gasteiger partial charge on any atom is -0.480 e. The first-order valence-electron chi connectivity index (χ1n) is 6.10. The lowest BCUT2D eigenvalue weighted by Gasteiger charge is -2.36. The molecule has 0 unspecified atom stereocenters. The van der Waals surface area contributed by atoms with E-state index < -0.39 is 11.5 Å². The smallest absolute Gasteiger partial charge is 0.329 e. The number of hydrogen-bond donors (Lipinski definition) is 2. The third-order valence-corrected chi connectivity index (χ3v) is 3.68. The van der Waals surface area contributed by atoms with E-state index in [9.17, 15) is 14.7 Å². The van der Waals surface area contributed by atoms with Crippen molar-refractivity contribution in [1.29, 1.82) is 0 Å². The Bertz CT molecular complexity index is 339. The monoisotopic (exact) mass is 239 g/mol. The predicted octanol–water partition coefficient (Wildman–Crippen LogP) is 2.10. The average molecular weight is 239 g/mol. The standard InChI is InChI=1S/C13H21NO3/c1-4-10(3)11(15)14-13(12(16)17)7-5-9(2)6-8-13/h4,9H,5-8H2,1-3H3,(H,14,15)(H,16,17). The molecule has 2 N–H and O–H groups in total. The van der Waals surface area contributed by atoms with Gasteiger partial charge in [-0.15, -0.1) is 0 Å². The van der Waals surface area contributed by atoms with Crippen LogP contribution in [0.1, 0.15) is 46.5 Å². The van der Waals surface area contributed by atoms with E-state index >= 15 is 0 Å². The van der Waals surface area contributed by atoms with E-state index in [0.29, 0.717) is 24.3 Å². The van der Waals surface area contributed by atoms with Gasteiger partial charge in [-0.25, -0.2) is 4.79 Å². The molecule has 0 aromatic rings. The summed E-state index contributed by atoms with van der Waals surface area (Å²) >= 11 is 0. The molecule has 0 heterocycles. The molecule has 4 heteroatoms. The third-order valence-electron chi connectivity index (χ3n) is 3.68. The summed E-state index contributed by atoms with van der Waals surface area (Å²) in [7, 11) is 0. The van der Waals surface area contributed by atoms with Crippen molar-refractivity contribution < 1.29 is 14.7 Å². The first kappa shape index (κ1) is 13.7. The SMILES string of the molecule is CC=C(C)C(=O)NC1(C(=O)O)CCC(C)CC1. The molecule has 1 amide bonds. The molecule has 96 valence electrons. The fraction of sp³-hybridized carbons (Fsp3) is 0.692. The molecule has 0 spiro atoms. The Balaban J connectivity index is 2.80. The van der Waals surface area contributed by atoms with Gasteiger partial charge in [-0.1, -0.05) is 13.0 Å². The summed E-state index contributed by atoms with van der Waals surface area (Å²) in [6.45, 7) is 5.58. The van der Waals surface area contributed by atoms with Gasteiger partial charge in [0.15, 0.2) is 0 Å². The fourth-order valence-corrected chi connectivity index (χ4v) is 2.09. The number of hydrogen-bond acceptors (Lipinski definition) is 2. The van der Waals surface area contributed by atoms with Gasteiger partial charge in [0.25, 0.3) is 0 Å². The van der Waals surface area contributed by atoms with Gasteiger partial charge in [-0.05, 0) is 45.4 Å². The lowest BCUT2D eigenvalue weighted by molar-refractivity contribution is -0.149. The van der Waals surface area contributed by atoms with E-state index in [1.165, 1.54) is 0 Å². The summed E-state index contributed by atoms with van der Waals surface area (Å²) in [5.74, 6) is -0.645. The number of rotatable bonds is 3. The maximum Gasteiger partial charge on any atom is 0.329 e. The quantitative estimate of drug-likeness (QED) is 0.741. The number of carboxylic acids is 1. The number of carbonyl (C=O) groups is 2. The van der Waals surface area contributed by atoms with Crippen molar-refractivity contribution in [2.75, 3.05) is 0 Å². The van der Waals surface area contributed by atoms with Crippen molar-refractivity contribution in [3.63, 3.8) is 0 Å². The van der Waals surface area contributed by atoms with E-state index in [2.05, 4.69) is 12.2 Å². The van der Waals surface area contributed by atoms with E-state index in [-0.39, 0.29) is 5.91 Å². The second-order valence-electron chi connectivity index (χ2n) is 5.00. The first-order chi connectivity index (χ1) is 7.91. The van der Waals surface area contributed by atoms with Crippen molar-refractivity contribution in [3.05, 3.63) is 11.6 Å². The summed E-state index contributed by atoms with van der Waals surface area (Å²) in [5.41, 5.74) is -0.502. The lowest BCUT2D eigenvalue weighted by atomic mass is 9.77. The highest BCUT2D eigenvalue weighted by Crippen LogP contribution is 2.32. The van der Waals surface area contributed by atoms with Crippen molar-refractivity contribution in [2.45, 2.75) is 52.0 Å². The Hall–Kier alpha value is -1.32. The van der Waals surface area contributed by atoms with Gasteiger partial charge in [0.1, 0.15) is 5.54 Å². The van der Waals surface area contributed by atoms with Gasteiger partial charge < -0.3 is 10.4 Å². The maximum atomic E-state index is 11.8. The van der Waals surface area contributed by atoms with Crippen LogP contribution >= 0.6 is 0 Å². The molecule has 1 fully saturated rings. The largest absolute Gasteiger partial charge is 0.480 e. The molecule has 0 aromatic heterocycles. The van der Waals surface area contributed by atoms with Crippen LogP contribution in [-0.4, -0.2) is 22.5 Å². The summed E-state index contributed by atoms with van der Waals surface area (Å²) in [4.78, 5) is 23.2. The summed E-state index contributed by atoms with van der Waals surface area (Å²) < 4.78 is 0. The van der Waals surface area contributed by atoms with Crippen LogP contribution in [-0.2, 0) is 9.59 Å². The minimum absolute atomic E-state index is 0.274. The van der Waals surface area contributed by atoms with Crippen LogP contribution in [0.2, 0.25) is 0 Å². The molecule has 0 radical (unpaired) electrons. The number of carboxylic acid groups (broad SMARTS) is 1. The Morgan fingerprint density at radius 1 is 1.35 bits per heavy atom. The van der Waals surface area contributed by atoms with Crippen LogP contribution in [0.4, 0.5) is 0 Å². The van der Waals surface area contributed by atoms with Crippen molar-refractivity contribution >= 4 is 11.9 Å². The zero-order chi connectivity index (χ0) is 13.1. The number of amides is 1. The maximum absolute atomic E-state index is 11.8. The normalized spacial score (nSPS) is 29.8. The van der Waals surface area contributed by atoms with Crippen LogP contribution in [0.5, 0.6) is 0 Å². The fourth-order valence-electron chi connectivity index (χ4n) is 2.09. The molecule has 1 rings (SSSR count). The van der Waals surface area contributed by atoms with E-state index in [4.69, 9.17) is 0 Å². The Morgan fingerprint density at radius 3 is 2.29 bits per heavy atom. The second kappa shape index (κ2) is 5.34. The molecule has 0 aliphatic heterocycles. The molecule has 0 aromatic carbocycles. The predicted molar refractivity (Wildman–Crippen MR) is 65.6 cm³/mol. The van der Waals surface area contributed by atoms with Gasteiger partial charge in [0.2, 0.25) is 5.91 Å². The van der Waals surface area contributed by atoms with Crippen LogP contribution < -0.4 is 5.32 Å². The molecule has 1 aliphatic rings. The molecule has 0 bridgehead atoms. The second-order valence-corrected chi connectivity index (χ2v) is 5.00. The average Bonchev–Trinajstić information content (AvgIpc) is 2.30. The topological polar surface area (TPSA) is 66.4 Å². The van der Waals surface area contributed by atoms with Gasteiger partial charge in [-0.2, -0.15) is 0 Å². The highest BCUT2D eigenvalue weighted by atomic mass is 16.4. The van der Waals surface area contributed by atoms with Crippen molar-refractivity contribution in [3.8, 4) is 0 Å². The van der Waals surface area contributed by atoms with Crippen molar-refractivity contribution in [2.24, 2.45) is 5.92 Å². The Kier molecular flexibility index (Phi) is 4.32. The van der Waals surface area contributed by atoms with Gasteiger partial charge in [0.05, 0.1) is 0 Å². The highest BCUT2D eigenvalue weighted by molar-refractivity contribution is 5.96. The molecule has 1 saturated carbocycles. The summed E-state index contributed by atoms with van der Waals surface area (Å²) in [6.07, 6.45) is 4.43. The minimum atomic E-state index is -1.06. The zero-order valence-corrected chi connectivity index (χ0v) is 10.7. The molecule has 1 aliphatic carbocycles. The van der Waals surface area contributed by atoms with Gasteiger partial charge in [-0.3, -0.25) is 4.79 Å². The molecular weight excluding hydrogens is 218 g/mol. The Morgan fingerprint density at radius 2 is 1.88 bits per heavy atom. The third kappa shape index (κ3) is 3.08. The summed E-state index contributed by atoms with van der Waals surface area (Å²) in [5, 5.41) is 12.0. The van der Waals surface area contributed by atoms with Crippen LogP contribution in [0.25, 0.3) is 0 Å². The van der Waals surface area contributed by atoms with Crippen LogP contribution in [0, 0.1) is 5.92 Å². The molecule has 0 atom stereocenters. The molecule has 0 saturated heterocycles. The number of nitrogens with one attached hydrogen (secondary N) is 1. The van der Waals surface area contributed by atoms with Crippen LogP contribution in [0.3, 0.4) is 0 Å². The van der Waals surface area contributed by atoms with E-state index in [0.717, 1.165) is 12.8 Å². The van der Waals surface area contributed by atoms with Crippen LogP contribution in [0.15, 0.2) is 11.6 Å². The summed E-state index contributed by atoms with van der Waals surface area (Å²) in [6, 6.07) is 0. The van der Waals surface area contributed by atoms with Gasteiger partial charge >= 0.3 is 5.97 Å². The molecule has 4 nitrogen and oxygen atoms in total.